The van der Waals surface area contributed by atoms with E-state index in [1.54, 1.807) is 36.4 Å². The molecule has 0 saturated carbocycles. The molecule has 2 aromatic rings. The second-order valence-electron chi connectivity index (χ2n) is 5.37. The Balaban J connectivity index is 1.95. The quantitative estimate of drug-likeness (QED) is 0.284. The molecule has 144 valence electrons. The normalized spacial score (nSPS) is 10.2. The minimum atomic E-state index is -0.560. The van der Waals surface area contributed by atoms with Crippen LogP contribution in [0.4, 0.5) is 5.69 Å². The highest BCUT2D eigenvalue weighted by Crippen LogP contribution is 2.29. The molecule has 0 unspecified atom stereocenters. The Morgan fingerprint density at radius 2 is 2.00 bits per heavy atom. The monoisotopic (exact) mass is 443 g/mol. The molecule has 0 fully saturated rings. The van der Waals surface area contributed by atoms with Crippen LogP contribution in [-0.2, 0) is 9.59 Å². The third-order valence-electron chi connectivity index (χ3n) is 3.39. The molecule has 7 nitrogen and oxygen atoms in total. The second kappa shape index (κ2) is 10.7. The van der Waals surface area contributed by atoms with Gasteiger partial charge in [-0.15, -0.1) is 6.42 Å². The topological polar surface area (TPSA) is 89.0 Å². The number of anilines is 1. The Morgan fingerprint density at radius 3 is 2.71 bits per heavy atom. The zero-order valence-corrected chi connectivity index (χ0v) is 16.7. The number of halogens is 1. The van der Waals surface area contributed by atoms with Crippen molar-refractivity contribution in [2.75, 3.05) is 19.0 Å². The fraction of sp³-hybridized carbons (Fsp3) is 0.150. The van der Waals surface area contributed by atoms with Gasteiger partial charge in [0, 0.05) is 10.0 Å². The van der Waals surface area contributed by atoms with E-state index in [1.165, 1.54) is 13.3 Å². The Morgan fingerprint density at radius 1 is 1.21 bits per heavy atom. The van der Waals surface area contributed by atoms with Crippen LogP contribution >= 0.6 is 15.9 Å². The van der Waals surface area contributed by atoms with E-state index in [0.29, 0.717) is 22.7 Å². The standard InChI is InChI=1S/C20H18BrN3O4/c1-3-11-28-20-14(7-6-10-17(20)27-2)13-22-24-19(26)12-18(25)23-16-9-5-4-8-15(16)21/h1,4-10,13H,11-12H2,2H3,(H,23,25)(H,24,26). The Bertz CT molecular complexity index is 922. The van der Waals surface area contributed by atoms with E-state index in [9.17, 15) is 9.59 Å². The zero-order chi connectivity index (χ0) is 20.4. The number of ether oxygens (including phenoxy) is 2. The van der Waals surface area contributed by atoms with Gasteiger partial charge in [-0.1, -0.05) is 24.1 Å². The fourth-order valence-electron chi connectivity index (χ4n) is 2.18. The number of nitrogens with one attached hydrogen (secondary N) is 2. The Hall–Kier alpha value is -3.31. The van der Waals surface area contributed by atoms with Crippen molar-refractivity contribution in [3.63, 3.8) is 0 Å². The van der Waals surface area contributed by atoms with Crippen molar-refractivity contribution >= 4 is 39.6 Å². The lowest BCUT2D eigenvalue weighted by atomic mass is 10.2. The first kappa shape index (κ1) is 21.0. The van der Waals surface area contributed by atoms with Gasteiger partial charge in [0.05, 0.1) is 19.0 Å². The molecule has 8 heteroatoms. The molecule has 0 aromatic heterocycles. The Kier molecular flexibility index (Phi) is 8.06. The first-order valence-corrected chi connectivity index (χ1v) is 8.94. The summed E-state index contributed by atoms with van der Waals surface area (Å²) in [5, 5.41) is 6.51. The van der Waals surface area contributed by atoms with E-state index in [4.69, 9.17) is 15.9 Å². The third kappa shape index (κ3) is 6.14. The van der Waals surface area contributed by atoms with E-state index in [0.717, 1.165) is 4.47 Å². The molecule has 2 rings (SSSR count). The molecule has 0 radical (unpaired) electrons. The largest absolute Gasteiger partial charge is 0.493 e. The SMILES string of the molecule is C#CCOc1c(C=NNC(=O)CC(=O)Nc2ccccc2Br)cccc1OC. The van der Waals surface area contributed by atoms with Crippen LogP contribution in [0.1, 0.15) is 12.0 Å². The summed E-state index contributed by atoms with van der Waals surface area (Å²) in [7, 11) is 1.50. The van der Waals surface area contributed by atoms with Gasteiger partial charge in [-0.2, -0.15) is 5.10 Å². The van der Waals surface area contributed by atoms with Gasteiger partial charge in [0.15, 0.2) is 11.5 Å². The molecule has 0 aliphatic carbocycles. The molecule has 0 aliphatic heterocycles. The minimum Gasteiger partial charge on any atom is -0.493 e. The van der Waals surface area contributed by atoms with Crippen LogP contribution in [0, 0.1) is 12.3 Å². The average molecular weight is 444 g/mol. The molecule has 0 heterocycles. The predicted octanol–water partition coefficient (Wildman–Crippen LogP) is 2.95. The second-order valence-corrected chi connectivity index (χ2v) is 6.22. The highest BCUT2D eigenvalue weighted by atomic mass is 79.9. The van der Waals surface area contributed by atoms with Gasteiger partial charge in [0.25, 0.3) is 0 Å². The van der Waals surface area contributed by atoms with Gasteiger partial charge in [0.1, 0.15) is 13.0 Å². The molecular weight excluding hydrogens is 426 g/mol. The van der Waals surface area contributed by atoms with E-state index in [2.05, 4.69) is 37.7 Å². The molecule has 2 N–H and O–H groups in total. The number of hydrogen-bond acceptors (Lipinski definition) is 5. The maximum Gasteiger partial charge on any atom is 0.249 e. The van der Waals surface area contributed by atoms with Gasteiger partial charge in [-0.25, -0.2) is 5.43 Å². The van der Waals surface area contributed by atoms with Crippen molar-refractivity contribution in [1.82, 2.24) is 5.43 Å². The summed E-state index contributed by atoms with van der Waals surface area (Å²) in [6, 6.07) is 12.3. The van der Waals surface area contributed by atoms with Crippen molar-refractivity contribution in [1.29, 1.82) is 0 Å². The van der Waals surface area contributed by atoms with Crippen LogP contribution in [0.3, 0.4) is 0 Å². The summed E-state index contributed by atoms with van der Waals surface area (Å²) in [4.78, 5) is 23.9. The summed E-state index contributed by atoms with van der Waals surface area (Å²) in [6.07, 6.45) is 6.23. The lowest BCUT2D eigenvalue weighted by Gasteiger charge is -2.11. The number of rotatable bonds is 8. The lowest BCUT2D eigenvalue weighted by molar-refractivity contribution is -0.126. The summed E-state index contributed by atoms with van der Waals surface area (Å²) in [5.74, 6) is 2.25. The van der Waals surface area contributed by atoms with Gasteiger partial charge in [-0.3, -0.25) is 9.59 Å². The van der Waals surface area contributed by atoms with Crippen molar-refractivity contribution in [2.24, 2.45) is 5.10 Å². The number of carbonyl (C=O) groups excluding carboxylic acids is 2. The predicted molar refractivity (Wildman–Crippen MR) is 110 cm³/mol. The van der Waals surface area contributed by atoms with E-state index >= 15 is 0 Å². The minimum absolute atomic E-state index is 0.0583. The number of terminal acetylenes is 1. The van der Waals surface area contributed by atoms with Gasteiger partial charge in [-0.05, 0) is 40.2 Å². The number of hydrogen-bond donors (Lipinski definition) is 2. The smallest absolute Gasteiger partial charge is 0.249 e. The van der Waals surface area contributed by atoms with E-state index < -0.39 is 11.8 Å². The van der Waals surface area contributed by atoms with Gasteiger partial charge < -0.3 is 14.8 Å². The number of carbonyl (C=O) groups is 2. The molecule has 0 spiro atoms. The van der Waals surface area contributed by atoms with E-state index in [1.807, 2.05) is 6.07 Å². The lowest BCUT2D eigenvalue weighted by Crippen LogP contribution is -2.24. The summed E-state index contributed by atoms with van der Waals surface area (Å²) < 4.78 is 11.4. The highest BCUT2D eigenvalue weighted by molar-refractivity contribution is 9.10. The Labute approximate surface area is 171 Å². The number of hydrazone groups is 1. The number of nitrogens with zero attached hydrogens (tertiary/aromatic N) is 1. The van der Waals surface area contributed by atoms with Crippen LogP contribution in [0.5, 0.6) is 11.5 Å². The van der Waals surface area contributed by atoms with Crippen molar-refractivity contribution in [3.8, 4) is 23.8 Å². The highest BCUT2D eigenvalue weighted by Gasteiger charge is 2.11. The molecule has 28 heavy (non-hydrogen) atoms. The molecule has 0 atom stereocenters. The maximum absolute atomic E-state index is 12.0. The van der Waals surface area contributed by atoms with Crippen molar-refractivity contribution < 1.29 is 19.1 Å². The van der Waals surface area contributed by atoms with Crippen LogP contribution in [0.15, 0.2) is 52.0 Å². The van der Waals surface area contributed by atoms with Crippen molar-refractivity contribution in [2.45, 2.75) is 6.42 Å². The first-order valence-electron chi connectivity index (χ1n) is 8.14. The summed E-state index contributed by atoms with van der Waals surface area (Å²) in [6.45, 7) is 0.0583. The van der Waals surface area contributed by atoms with E-state index in [-0.39, 0.29) is 13.0 Å². The van der Waals surface area contributed by atoms with Crippen LogP contribution < -0.4 is 20.2 Å². The van der Waals surface area contributed by atoms with Crippen LogP contribution in [-0.4, -0.2) is 31.7 Å². The summed E-state index contributed by atoms with van der Waals surface area (Å²) in [5.41, 5.74) is 3.45. The number of para-hydroxylation sites is 2. The molecular formula is C20H18BrN3O4. The number of methoxy groups -OCH3 is 1. The zero-order valence-electron chi connectivity index (χ0n) is 15.1. The van der Waals surface area contributed by atoms with Crippen LogP contribution in [0.25, 0.3) is 0 Å². The third-order valence-corrected chi connectivity index (χ3v) is 4.08. The number of benzene rings is 2. The molecule has 0 saturated heterocycles. The average Bonchev–Trinajstić information content (AvgIpc) is 2.68. The first-order chi connectivity index (χ1) is 13.5. The number of amides is 2. The molecule has 2 amide bonds. The maximum atomic E-state index is 12.0. The fourth-order valence-corrected chi connectivity index (χ4v) is 2.56. The molecule has 2 aromatic carbocycles. The van der Waals surface area contributed by atoms with Gasteiger partial charge in [0.2, 0.25) is 11.8 Å². The van der Waals surface area contributed by atoms with Crippen molar-refractivity contribution in [3.05, 3.63) is 52.5 Å². The summed E-state index contributed by atoms with van der Waals surface area (Å²) >= 11 is 3.32. The van der Waals surface area contributed by atoms with Gasteiger partial charge >= 0.3 is 0 Å². The molecule has 0 aliphatic rings. The molecule has 0 bridgehead atoms. The van der Waals surface area contributed by atoms with Crippen LogP contribution in [0.2, 0.25) is 0 Å².